The smallest absolute Gasteiger partial charge is 0.255 e. The van der Waals surface area contributed by atoms with Crippen molar-refractivity contribution in [2.45, 2.75) is 64.1 Å². The minimum atomic E-state index is -0.600. The Morgan fingerprint density at radius 1 is 0.902 bits per heavy atom. The number of amides is 3. The second-order valence-corrected chi connectivity index (χ2v) is 17.2. The number of fused-ring (bicyclic) bond motifs is 3. The van der Waals surface area contributed by atoms with Crippen LogP contribution in [0.2, 0.25) is 0 Å². The van der Waals surface area contributed by atoms with Gasteiger partial charge in [0, 0.05) is 117 Å². The summed E-state index contributed by atoms with van der Waals surface area (Å²) in [4.78, 5) is 60.8. The van der Waals surface area contributed by atoms with Crippen molar-refractivity contribution in [1.29, 1.82) is 0 Å². The Balaban J connectivity index is 0.704. The number of benzene rings is 3. The van der Waals surface area contributed by atoms with Gasteiger partial charge in [-0.1, -0.05) is 18.2 Å². The van der Waals surface area contributed by atoms with E-state index in [1.807, 2.05) is 24.5 Å². The standard InChI is InChI=1S/C47H52N10O4/c1-29-37(26-49-45-43(29)48-18-23-61-45)31-8-9-32-25-50-47(52-39(32)24-31)51-33-10-14-35(15-11-33)54(2)34-12-6-30(7-13-34)27-55-19-21-56(22-20-55)40-5-3-4-36-38(40)28-57(46(36)60)41-16-17-42(58)53-44(41)59/h3-5,8-11,14-15,24-26,30,34,41,48H,6-7,12-13,16-23,27-28H2,1-2H3,(H,50,51,52)(H,53,58,59). The first-order valence-electron chi connectivity index (χ1n) is 21.7. The summed E-state index contributed by atoms with van der Waals surface area (Å²) in [5.41, 5.74) is 9.93. The van der Waals surface area contributed by atoms with Crippen LogP contribution in [0.25, 0.3) is 22.0 Å². The maximum atomic E-state index is 13.4. The molecule has 5 aliphatic rings. The number of carbonyl (C=O) groups is 3. The number of ether oxygens (including phenoxy) is 1. The molecule has 14 heteroatoms. The molecule has 6 heterocycles. The van der Waals surface area contributed by atoms with Crippen LogP contribution in [0.5, 0.6) is 5.88 Å². The molecule has 3 aromatic carbocycles. The van der Waals surface area contributed by atoms with Gasteiger partial charge < -0.3 is 30.1 Å². The molecule has 0 radical (unpaired) electrons. The van der Waals surface area contributed by atoms with Crippen molar-refractivity contribution in [3.8, 4) is 17.0 Å². The van der Waals surface area contributed by atoms with Gasteiger partial charge in [0.2, 0.25) is 23.6 Å². The molecule has 2 aromatic heterocycles. The number of rotatable bonds is 9. The van der Waals surface area contributed by atoms with Crippen LogP contribution < -0.4 is 30.5 Å². The van der Waals surface area contributed by atoms with E-state index in [4.69, 9.17) is 9.72 Å². The summed E-state index contributed by atoms with van der Waals surface area (Å²) < 4.78 is 5.73. The molecule has 0 bridgehead atoms. The van der Waals surface area contributed by atoms with Crippen molar-refractivity contribution < 1.29 is 19.1 Å². The van der Waals surface area contributed by atoms with Crippen molar-refractivity contribution in [3.05, 3.63) is 89.7 Å². The summed E-state index contributed by atoms with van der Waals surface area (Å²) in [5.74, 6) is 1.14. The Morgan fingerprint density at radius 3 is 2.52 bits per heavy atom. The second-order valence-electron chi connectivity index (χ2n) is 17.2. The molecule has 3 amide bonds. The summed E-state index contributed by atoms with van der Waals surface area (Å²) in [6.07, 6.45) is 9.15. The summed E-state index contributed by atoms with van der Waals surface area (Å²) >= 11 is 0. The molecule has 2 saturated heterocycles. The van der Waals surface area contributed by atoms with Gasteiger partial charge >= 0.3 is 0 Å². The Hall–Kier alpha value is -6.28. The van der Waals surface area contributed by atoms with E-state index >= 15 is 0 Å². The number of nitrogens with one attached hydrogen (secondary N) is 3. The number of piperidine rings is 1. The van der Waals surface area contributed by atoms with Crippen molar-refractivity contribution >= 4 is 57.3 Å². The molecule has 1 saturated carbocycles. The van der Waals surface area contributed by atoms with Crippen LogP contribution in [0.4, 0.5) is 28.7 Å². The average molecular weight is 821 g/mol. The second kappa shape index (κ2) is 16.3. The van der Waals surface area contributed by atoms with Crippen molar-refractivity contribution in [2.24, 2.45) is 5.92 Å². The van der Waals surface area contributed by atoms with Crippen LogP contribution in [0, 0.1) is 12.8 Å². The first-order valence-corrected chi connectivity index (χ1v) is 21.7. The van der Waals surface area contributed by atoms with E-state index in [1.54, 1.807) is 4.90 Å². The van der Waals surface area contributed by atoms with Gasteiger partial charge in [-0.15, -0.1) is 0 Å². The molecule has 10 rings (SSSR count). The van der Waals surface area contributed by atoms with Gasteiger partial charge in [-0.2, -0.15) is 0 Å². The van der Waals surface area contributed by atoms with E-state index in [9.17, 15) is 14.4 Å². The number of imide groups is 1. The molecule has 3 fully saturated rings. The minimum absolute atomic E-state index is 0.119. The van der Waals surface area contributed by atoms with Crippen LogP contribution in [-0.4, -0.2) is 107 Å². The number of hydrogen-bond donors (Lipinski definition) is 3. The Labute approximate surface area is 355 Å². The van der Waals surface area contributed by atoms with Crippen molar-refractivity contribution in [1.82, 2.24) is 30.1 Å². The molecular formula is C47H52N10O4. The Bertz CT molecular complexity index is 2500. The topological polar surface area (TPSA) is 148 Å². The molecule has 0 spiro atoms. The van der Waals surface area contributed by atoms with Gasteiger partial charge in [0.15, 0.2) is 0 Å². The van der Waals surface area contributed by atoms with E-state index in [2.05, 4.69) is 103 Å². The van der Waals surface area contributed by atoms with Crippen LogP contribution in [0.3, 0.4) is 0 Å². The zero-order valence-electron chi connectivity index (χ0n) is 34.8. The first-order chi connectivity index (χ1) is 29.8. The summed E-state index contributed by atoms with van der Waals surface area (Å²) in [6, 6.07) is 20.7. The highest BCUT2D eigenvalue weighted by Gasteiger charge is 2.40. The monoisotopic (exact) mass is 820 g/mol. The zero-order valence-corrected chi connectivity index (χ0v) is 34.8. The van der Waals surface area contributed by atoms with E-state index in [0.29, 0.717) is 48.9 Å². The number of anilines is 5. The highest BCUT2D eigenvalue weighted by Crippen LogP contribution is 2.38. The molecule has 61 heavy (non-hydrogen) atoms. The third-order valence-corrected chi connectivity index (χ3v) is 13.5. The lowest BCUT2D eigenvalue weighted by Gasteiger charge is -2.41. The van der Waals surface area contributed by atoms with Gasteiger partial charge in [-0.05, 0) is 98.5 Å². The van der Waals surface area contributed by atoms with Gasteiger partial charge in [0.05, 0.1) is 5.52 Å². The number of nitrogens with zero attached hydrogens (tertiary/aromatic N) is 7. The first kappa shape index (κ1) is 38.9. The largest absolute Gasteiger partial charge is 0.474 e. The Morgan fingerprint density at radius 2 is 1.72 bits per heavy atom. The van der Waals surface area contributed by atoms with Crippen LogP contribution in [0.1, 0.15) is 60.0 Å². The van der Waals surface area contributed by atoms with Gasteiger partial charge in [-0.25, -0.2) is 15.0 Å². The van der Waals surface area contributed by atoms with Crippen molar-refractivity contribution in [2.75, 3.05) is 73.4 Å². The molecule has 4 aliphatic heterocycles. The predicted molar refractivity (Wildman–Crippen MR) is 237 cm³/mol. The van der Waals surface area contributed by atoms with Crippen LogP contribution in [0.15, 0.2) is 73.1 Å². The summed E-state index contributed by atoms with van der Waals surface area (Å²) in [7, 11) is 2.22. The van der Waals surface area contributed by atoms with Crippen LogP contribution in [-0.2, 0) is 16.1 Å². The number of carbonyl (C=O) groups excluding carboxylic acids is 3. The number of pyridine rings is 1. The number of hydrogen-bond acceptors (Lipinski definition) is 12. The molecular weight excluding hydrogens is 769 g/mol. The fourth-order valence-corrected chi connectivity index (χ4v) is 10.00. The fourth-order valence-electron chi connectivity index (χ4n) is 10.00. The van der Waals surface area contributed by atoms with E-state index in [1.165, 1.54) is 31.4 Å². The lowest BCUT2D eigenvalue weighted by molar-refractivity contribution is -0.136. The molecule has 1 aliphatic carbocycles. The number of aromatic nitrogens is 3. The lowest BCUT2D eigenvalue weighted by Crippen LogP contribution is -2.52. The third kappa shape index (κ3) is 7.69. The quantitative estimate of drug-likeness (QED) is 0.147. The zero-order chi connectivity index (χ0) is 41.6. The average Bonchev–Trinajstić information content (AvgIpc) is 3.62. The molecule has 14 nitrogen and oxygen atoms in total. The van der Waals surface area contributed by atoms with Crippen molar-refractivity contribution in [3.63, 3.8) is 0 Å². The highest BCUT2D eigenvalue weighted by molar-refractivity contribution is 6.06. The van der Waals surface area contributed by atoms with E-state index in [0.717, 1.165) is 89.5 Å². The lowest BCUT2D eigenvalue weighted by atomic mass is 9.85. The maximum Gasteiger partial charge on any atom is 0.255 e. The van der Waals surface area contributed by atoms with E-state index < -0.39 is 6.04 Å². The fraction of sp³-hybridized carbons (Fsp3) is 0.404. The highest BCUT2D eigenvalue weighted by atomic mass is 16.5. The molecule has 5 aromatic rings. The molecule has 1 atom stereocenters. The van der Waals surface area contributed by atoms with Crippen LogP contribution >= 0.6 is 0 Å². The molecule has 3 N–H and O–H groups in total. The SMILES string of the molecule is Cc1c(-c2ccc3cnc(Nc4ccc(N(C)C5CCC(CN6CCN(c7cccc8c7CN(C7CCC(=O)NC7=O)C8=O)CC6)CC5)cc4)nc3c2)cnc2c1NCCO2. The molecule has 1 unspecified atom stereocenters. The third-order valence-electron chi connectivity index (χ3n) is 13.5. The van der Waals surface area contributed by atoms with Gasteiger partial charge in [0.25, 0.3) is 5.91 Å². The maximum absolute atomic E-state index is 13.4. The summed E-state index contributed by atoms with van der Waals surface area (Å²) in [5, 5.41) is 10.2. The normalized spacial score (nSPS) is 21.7. The molecule has 314 valence electrons. The van der Waals surface area contributed by atoms with Gasteiger partial charge in [0.1, 0.15) is 18.3 Å². The van der Waals surface area contributed by atoms with E-state index in [-0.39, 0.29) is 24.1 Å². The number of piperazine rings is 1. The Kier molecular flexibility index (Phi) is 10.4. The minimum Gasteiger partial charge on any atom is -0.474 e. The van der Waals surface area contributed by atoms with Gasteiger partial charge in [-0.3, -0.25) is 24.6 Å². The predicted octanol–water partition coefficient (Wildman–Crippen LogP) is 6.13. The summed E-state index contributed by atoms with van der Waals surface area (Å²) in [6.45, 7) is 8.79.